The minimum Gasteiger partial charge on any atom is -0.410 e. The number of amides is 1. The Bertz CT molecular complexity index is 923. The summed E-state index contributed by atoms with van der Waals surface area (Å²) < 4.78 is 8.19. The maximum Gasteiger partial charge on any atom is 0.409 e. The molecule has 0 unspecified atom stereocenters. The fraction of sp³-hybridized carbons (Fsp3) is 0.214. The van der Waals surface area contributed by atoms with Gasteiger partial charge in [-0.25, -0.2) is 9.31 Å². The molecule has 7 nitrogen and oxygen atoms in total. The second kappa shape index (κ2) is 4.62. The third-order valence-electron chi connectivity index (χ3n) is 3.42. The lowest BCUT2D eigenvalue weighted by atomic mass is 10.2. The zero-order chi connectivity index (χ0) is 15.1. The molecule has 2 N–H and O–H groups in total. The predicted octanol–water partition coefficient (Wildman–Crippen LogP) is 1.44. The molecule has 0 aliphatic carbocycles. The Morgan fingerprint density at radius 1 is 1.33 bits per heavy atom. The van der Waals surface area contributed by atoms with Gasteiger partial charge in [-0.3, -0.25) is 4.79 Å². The standard InChI is InChI=1S/C14H14N4O3/c1-3-17-10-6-8(2)12(21-14(15)20)7-11(10)18-9(13(17)19)4-5-16-18/h4-7H,3H2,1-2H3,(H2,15,20). The average Bonchev–Trinajstić information content (AvgIpc) is 2.90. The molecule has 2 aromatic heterocycles. The monoisotopic (exact) mass is 286 g/mol. The van der Waals surface area contributed by atoms with Crippen LogP contribution in [0.3, 0.4) is 0 Å². The number of hydrogen-bond acceptors (Lipinski definition) is 4. The minimum absolute atomic E-state index is 0.106. The first kappa shape index (κ1) is 13.2. The average molecular weight is 286 g/mol. The number of aryl methyl sites for hydroxylation is 2. The fourth-order valence-electron chi connectivity index (χ4n) is 2.49. The quantitative estimate of drug-likeness (QED) is 0.771. The van der Waals surface area contributed by atoms with Gasteiger partial charge in [0.25, 0.3) is 5.56 Å². The highest BCUT2D eigenvalue weighted by molar-refractivity contribution is 5.82. The van der Waals surface area contributed by atoms with E-state index in [1.165, 1.54) is 4.52 Å². The number of carbonyl (C=O) groups is 1. The third kappa shape index (κ3) is 1.94. The number of carbonyl (C=O) groups excluding carboxylic acids is 1. The van der Waals surface area contributed by atoms with E-state index >= 15 is 0 Å². The van der Waals surface area contributed by atoms with Crippen LogP contribution in [-0.2, 0) is 6.54 Å². The molecule has 0 radical (unpaired) electrons. The molecule has 0 atom stereocenters. The molecule has 0 fully saturated rings. The van der Waals surface area contributed by atoms with Gasteiger partial charge in [0.2, 0.25) is 0 Å². The molecular weight excluding hydrogens is 272 g/mol. The van der Waals surface area contributed by atoms with E-state index in [1.54, 1.807) is 35.9 Å². The summed E-state index contributed by atoms with van der Waals surface area (Å²) in [4.78, 5) is 23.4. The van der Waals surface area contributed by atoms with Crippen LogP contribution in [0.25, 0.3) is 16.6 Å². The number of nitrogens with two attached hydrogens (primary N) is 1. The maximum absolute atomic E-state index is 12.4. The summed E-state index contributed by atoms with van der Waals surface area (Å²) in [5.74, 6) is 0.355. The first-order chi connectivity index (χ1) is 10.0. The van der Waals surface area contributed by atoms with Crippen LogP contribution >= 0.6 is 0 Å². The SMILES string of the molecule is CCn1c(=O)c2ccnn2c2cc(OC(N)=O)c(C)cc21. The molecule has 0 spiro atoms. The van der Waals surface area contributed by atoms with Gasteiger partial charge in [-0.05, 0) is 31.5 Å². The summed E-state index contributed by atoms with van der Waals surface area (Å²) in [6.45, 7) is 4.22. The molecule has 21 heavy (non-hydrogen) atoms. The summed E-state index contributed by atoms with van der Waals surface area (Å²) in [5, 5.41) is 4.16. The molecule has 1 aromatic carbocycles. The largest absolute Gasteiger partial charge is 0.410 e. The second-order valence-electron chi connectivity index (χ2n) is 4.71. The van der Waals surface area contributed by atoms with Gasteiger partial charge in [-0.15, -0.1) is 0 Å². The molecule has 3 aromatic rings. The molecule has 3 rings (SSSR count). The predicted molar refractivity (Wildman–Crippen MR) is 77.6 cm³/mol. The Hall–Kier alpha value is -2.83. The Balaban J connectivity index is 2.47. The number of primary amides is 1. The van der Waals surface area contributed by atoms with Gasteiger partial charge in [-0.2, -0.15) is 5.10 Å². The summed E-state index contributed by atoms with van der Waals surface area (Å²) in [7, 11) is 0. The van der Waals surface area contributed by atoms with Crippen LogP contribution in [0.4, 0.5) is 4.79 Å². The third-order valence-corrected chi connectivity index (χ3v) is 3.42. The summed E-state index contributed by atoms with van der Waals surface area (Å²) in [6.07, 6.45) is 0.683. The molecular formula is C14H14N4O3. The van der Waals surface area contributed by atoms with Gasteiger partial charge in [0.1, 0.15) is 11.3 Å². The van der Waals surface area contributed by atoms with E-state index in [0.29, 0.717) is 23.3 Å². The first-order valence-electron chi connectivity index (χ1n) is 6.51. The van der Waals surface area contributed by atoms with Crippen LogP contribution in [0.2, 0.25) is 0 Å². The van der Waals surface area contributed by atoms with Gasteiger partial charge in [0.15, 0.2) is 0 Å². The number of nitrogens with zero attached hydrogens (tertiary/aromatic N) is 3. The van der Waals surface area contributed by atoms with Crippen molar-refractivity contribution in [1.82, 2.24) is 14.2 Å². The van der Waals surface area contributed by atoms with Crippen LogP contribution < -0.4 is 16.0 Å². The summed E-state index contributed by atoms with van der Waals surface area (Å²) in [5.41, 5.74) is 7.56. The Morgan fingerprint density at radius 3 is 2.76 bits per heavy atom. The summed E-state index contributed by atoms with van der Waals surface area (Å²) >= 11 is 0. The maximum atomic E-state index is 12.4. The number of benzene rings is 1. The number of aromatic nitrogens is 3. The molecule has 108 valence electrons. The van der Waals surface area contributed by atoms with Gasteiger partial charge in [0.05, 0.1) is 17.2 Å². The van der Waals surface area contributed by atoms with Crippen LogP contribution in [0, 0.1) is 6.92 Å². The van der Waals surface area contributed by atoms with Crippen LogP contribution in [0.5, 0.6) is 5.75 Å². The van der Waals surface area contributed by atoms with E-state index in [-0.39, 0.29) is 5.56 Å². The molecule has 2 heterocycles. The van der Waals surface area contributed by atoms with E-state index in [1.807, 2.05) is 6.92 Å². The first-order valence-corrected chi connectivity index (χ1v) is 6.51. The number of fused-ring (bicyclic) bond motifs is 3. The van der Waals surface area contributed by atoms with Crippen molar-refractivity contribution in [2.75, 3.05) is 0 Å². The fourth-order valence-corrected chi connectivity index (χ4v) is 2.49. The molecule has 0 saturated heterocycles. The van der Waals surface area contributed by atoms with Crippen molar-refractivity contribution >= 4 is 22.6 Å². The number of rotatable bonds is 2. The van der Waals surface area contributed by atoms with Crippen molar-refractivity contribution in [2.24, 2.45) is 5.73 Å². The highest BCUT2D eigenvalue weighted by Gasteiger charge is 2.14. The van der Waals surface area contributed by atoms with E-state index in [4.69, 9.17) is 10.5 Å². The van der Waals surface area contributed by atoms with E-state index < -0.39 is 6.09 Å². The topological polar surface area (TPSA) is 91.6 Å². The van der Waals surface area contributed by atoms with Crippen molar-refractivity contribution < 1.29 is 9.53 Å². The van der Waals surface area contributed by atoms with E-state index in [9.17, 15) is 9.59 Å². The van der Waals surface area contributed by atoms with Crippen molar-refractivity contribution in [2.45, 2.75) is 20.4 Å². The smallest absolute Gasteiger partial charge is 0.409 e. The normalized spacial score (nSPS) is 11.1. The Labute approximate surface area is 119 Å². The van der Waals surface area contributed by atoms with Gasteiger partial charge >= 0.3 is 6.09 Å². The zero-order valence-electron chi connectivity index (χ0n) is 11.7. The Kier molecular flexibility index (Phi) is 2.90. The molecule has 1 amide bonds. The lowest BCUT2D eigenvalue weighted by molar-refractivity contribution is 0.210. The van der Waals surface area contributed by atoms with Crippen molar-refractivity contribution in [3.05, 3.63) is 40.3 Å². The molecule has 0 aliphatic heterocycles. The number of hydrogen-bond donors (Lipinski definition) is 1. The number of ether oxygens (including phenoxy) is 1. The lowest BCUT2D eigenvalue weighted by Crippen LogP contribution is -2.22. The Morgan fingerprint density at radius 2 is 2.10 bits per heavy atom. The molecule has 0 bridgehead atoms. The van der Waals surface area contributed by atoms with Crippen LogP contribution in [-0.4, -0.2) is 20.3 Å². The van der Waals surface area contributed by atoms with Crippen molar-refractivity contribution in [3.63, 3.8) is 0 Å². The van der Waals surface area contributed by atoms with E-state index in [0.717, 1.165) is 11.1 Å². The zero-order valence-corrected chi connectivity index (χ0v) is 11.7. The van der Waals surface area contributed by atoms with Gasteiger partial charge < -0.3 is 15.0 Å². The summed E-state index contributed by atoms with van der Waals surface area (Å²) in [6, 6.07) is 5.11. The lowest BCUT2D eigenvalue weighted by Gasteiger charge is -2.13. The second-order valence-corrected chi connectivity index (χ2v) is 4.71. The van der Waals surface area contributed by atoms with Crippen LogP contribution in [0.1, 0.15) is 12.5 Å². The van der Waals surface area contributed by atoms with Crippen molar-refractivity contribution in [3.8, 4) is 5.75 Å². The highest BCUT2D eigenvalue weighted by Crippen LogP contribution is 2.25. The van der Waals surface area contributed by atoms with Gasteiger partial charge in [-0.1, -0.05) is 0 Å². The van der Waals surface area contributed by atoms with Crippen molar-refractivity contribution in [1.29, 1.82) is 0 Å². The van der Waals surface area contributed by atoms with Crippen LogP contribution in [0.15, 0.2) is 29.2 Å². The molecule has 7 heteroatoms. The molecule has 0 aliphatic rings. The van der Waals surface area contributed by atoms with E-state index in [2.05, 4.69) is 5.10 Å². The molecule has 0 saturated carbocycles. The van der Waals surface area contributed by atoms with Gasteiger partial charge in [0, 0.05) is 12.6 Å². The highest BCUT2D eigenvalue weighted by atomic mass is 16.5. The minimum atomic E-state index is -0.877.